The average molecular weight is 364 g/mol. The quantitative estimate of drug-likeness (QED) is 0.805. The third kappa shape index (κ3) is 3.63. The van der Waals surface area contributed by atoms with E-state index in [1.807, 2.05) is 6.92 Å². The molecule has 1 atom stereocenters. The van der Waals surface area contributed by atoms with E-state index in [4.69, 9.17) is 4.42 Å². The third-order valence-electron chi connectivity index (χ3n) is 3.45. The number of nitrogens with zero attached hydrogens (tertiary/aromatic N) is 1. The second-order valence-electron chi connectivity index (χ2n) is 5.01. The number of furan rings is 1. The summed E-state index contributed by atoms with van der Waals surface area (Å²) in [6.07, 6.45) is 2.31. The van der Waals surface area contributed by atoms with Crippen LogP contribution in [0.25, 0.3) is 0 Å². The minimum absolute atomic E-state index is 0.0599. The zero-order chi connectivity index (χ0) is 14.8. The van der Waals surface area contributed by atoms with Gasteiger partial charge in [-0.05, 0) is 40.9 Å². The molecule has 1 saturated heterocycles. The van der Waals surface area contributed by atoms with E-state index in [-0.39, 0.29) is 29.2 Å². The molecule has 1 aromatic rings. The molecule has 0 aliphatic carbocycles. The lowest BCUT2D eigenvalue weighted by atomic mass is 10.2. The molecule has 2 heterocycles. The van der Waals surface area contributed by atoms with E-state index < -0.39 is 9.84 Å². The van der Waals surface area contributed by atoms with E-state index >= 15 is 0 Å². The summed E-state index contributed by atoms with van der Waals surface area (Å²) in [7, 11) is -3.01. The summed E-state index contributed by atoms with van der Waals surface area (Å²) in [6.45, 7) is 2.60. The first-order chi connectivity index (χ1) is 9.43. The summed E-state index contributed by atoms with van der Waals surface area (Å²) < 4.78 is 29.0. The summed E-state index contributed by atoms with van der Waals surface area (Å²) >= 11 is 3.17. The van der Waals surface area contributed by atoms with E-state index in [1.165, 1.54) is 0 Å². The van der Waals surface area contributed by atoms with Gasteiger partial charge in [0, 0.05) is 12.6 Å². The largest absolute Gasteiger partial charge is 0.444 e. The molecule has 2 rings (SSSR count). The summed E-state index contributed by atoms with van der Waals surface area (Å²) in [6, 6.07) is 3.04. The van der Waals surface area contributed by atoms with Crippen LogP contribution in [0.3, 0.4) is 0 Å². The smallest absolute Gasteiger partial charge is 0.289 e. The van der Waals surface area contributed by atoms with E-state index in [2.05, 4.69) is 15.9 Å². The predicted molar refractivity (Wildman–Crippen MR) is 79.4 cm³/mol. The molecule has 112 valence electrons. The highest BCUT2D eigenvalue weighted by Crippen LogP contribution is 2.22. The third-order valence-corrected chi connectivity index (χ3v) is 5.62. The molecule has 0 aromatic carbocycles. The molecule has 1 aliphatic rings. The lowest BCUT2D eigenvalue weighted by molar-refractivity contribution is 0.0660. The van der Waals surface area contributed by atoms with Crippen LogP contribution in [0.2, 0.25) is 0 Å². The Hall–Kier alpha value is -0.820. The maximum Gasteiger partial charge on any atom is 0.289 e. The van der Waals surface area contributed by atoms with Crippen molar-refractivity contribution < 1.29 is 17.6 Å². The highest BCUT2D eigenvalue weighted by Gasteiger charge is 2.35. The molecule has 1 fully saturated rings. The van der Waals surface area contributed by atoms with Crippen molar-refractivity contribution in [1.29, 1.82) is 0 Å². The van der Waals surface area contributed by atoms with Crippen molar-refractivity contribution >= 4 is 31.7 Å². The molecule has 0 bridgehead atoms. The number of unbranched alkanes of at least 4 members (excludes halogenated alkanes) is 1. The first-order valence-corrected chi connectivity index (χ1v) is 9.31. The number of carbonyl (C=O) groups excluding carboxylic acids is 1. The molecule has 0 unspecified atom stereocenters. The van der Waals surface area contributed by atoms with Gasteiger partial charge in [-0.3, -0.25) is 4.79 Å². The van der Waals surface area contributed by atoms with Crippen LogP contribution in [0.15, 0.2) is 21.2 Å². The fraction of sp³-hybridized carbons (Fsp3) is 0.615. The van der Waals surface area contributed by atoms with Crippen molar-refractivity contribution in [3.8, 4) is 0 Å². The van der Waals surface area contributed by atoms with Gasteiger partial charge in [0.25, 0.3) is 5.91 Å². The fourth-order valence-corrected chi connectivity index (χ4v) is 4.41. The Labute approximate surface area is 127 Å². The number of carbonyl (C=O) groups is 1. The number of halogens is 1. The van der Waals surface area contributed by atoms with Crippen LogP contribution in [0.1, 0.15) is 36.7 Å². The summed E-state index contributed by atoms with van der Waals surface area (Å²) in [4.78, 5) is 14.1. The summed E-state index contributed by atoms with van der Waals surface area (Å²) in [5.41, 5.74) is 0. The van der Waals surface area contributed by atoms with Gasteiger partial charge in [-0.25, -0.2) is 8.42 Å². The Morgan fingerprint density at radius 3 is 2.75 bits per heavy atom. The van der Waals surface area contributed by atoms with Gasteiger partial charge < -0.3 is 9.32 Å². The van der Waals surface area contributed by atoms with Crippen LogP contribution in [0.5, 0.6) is 0 Å². The van der Waals surface area contributed by atoms with Crippen LogP contribution in [0, 0.1) is 0 Å². The van der Waals surface area contributed by atoms with Crippen molar-refractivity contribution in [1.82, 2.24) is 4.90 Å². The zero-order valence-corrected chi connectivity index (χ0v) is 13.7. The lowest BCUT2D eigenvalue weighted by Crippen LogP contribution is -2.41. The van der Waals surface area contributed by atoms with Crippen molar-refractivity contribution in [2.45, 2.75) is 32.2 Å². The molecular weight excluding hydrogens is 346 g/mol. The summed E-state index contributed by atoms with van der Waals surface area (Å²) in [5, 5.41) is 0. The lowest BCUT2D eigenvalue weighted by Gasteiger charge is -2.27. The maximum absolute atomic E-state index is 12.5. The van der Waals surface area contributed by atoms with Crippen LogP contribution in [0.4, 0.5) is 0 Å². The first-order valence-electron chi connectivity index (χ1n) is 6.69. The minimum Gasteiger partial charge on any atom is -0.444 e. The topological polar surface area (TPSA) is 67.6 Å². The molecule has 0 N–H and O–H groups in total. The fourth-order valence-electron chi connectivity index (χ4n) is 2.37. The summed E-state index contributed by atoms with van der Waals surface area (Å²) in [5.74, 6) is 0.239. The van der Waals surface area contributed by atoms with Crippen LogP contribution in [-0.2, 0) is 9.84 Å². The highest BCUT2D eigenvalue weighted by atomic mass is 79.9. The molecule has 0 radical (unpaired) electrons. The number of hydrogen-bond donors (Lipinski definition) is 0. The Balaban J connectivity index is 2.17. The molecule has 0 spiro atoms. The van der Waals surface area contributed by atoms with E-state index in [1.54, 1.807) is 17.0 Å². The Morgan fingerprint density at radius 2 is 2.25 bits per heavy atom. The Kier molecular flexibility index (Phi) is 4.90. The Bertz CT molecular complexity index is 581. The molecule has 7 heteroatoms. The number of amides is 1. The monoisotopic (exact) mass is 363 g/mol. The van der Waals surface area contributed by atoms with E-state index in [9.17, 15) is 13.2 Å². The number of hydrogen-bond acceptors (Lipinski definition) is 4. The second-order valence-corrected chi connectivity index (χ2v) is 8.02. The van der Waals surface area contributed by atoms with Crippen LogP contribution in [-0.4, -0.2) is 43.3 Å². The van der Waals surface area contributed by atoms with E-state index in [0.29, 0.717) is 17.6 Å². The van der Waals surface area contributed by atoms with E-state index in [0.717, 1.165) is 12.8 Å². The second kappa shape index (κ2) is 6.30. The van der Waals surface area contributed by atoms with Gasteiger partial charge in [0.05, 0.1) is 11.5 Å². The zero-order valence-electron chi connectivity index (χ0n) is 11.3. The van der Waals surface area contributed by atoms with Gasteiger partial charge in [0.2, 0.25) is 0 Å². The van der Waals surface area contributed by atoms with Crippen LogP contribution < -0.4 is 0 Å². The van der Waals surface area contributed by atoms with Crippen LogP contribution >= 0.6 is 15.9 Å². The predicted octanol–water partition coefficient (Wildman–Crippen LogP) is 2.47. The Morgan fingerprint density at radius 1 is 1.50 bits per heavy atom. The SMILES string of the molecule is CCCCN(C(=O)c1ccc(Br)o1)[C@@H]1CCS(=O)(=O)C1. The molecular formula is C13H18BrNO4S. The van der Waals surface area contributed by atoms with Crippen molar-refractivity contribution in [3.05, 3.63) is 22.6 Å². The molecule has 0 saturated carbocycles. The van der Waals surface area contributed by atoms with Gasteiger partial charge in [-0.15, -0.1) is 0 Å². The molecule has 1 aliphatic heterocycles. The highest BCUT2D eigenvalue weighted by molar-refractivity contribution is 9.10. The molecule has 1 aromatic heterocycles. The van der Waals surface area contributed by atoms with Gasteiger partial charge in [-0.1, -0.05) is 13.3 Å². The van der Waals surface area contributed by atoms with Gasteiger partial charge in [-0.2, -0.15) is 0 Å². The maximum atomic E-state index is 12.5. The van der Waals surface area contributed by atoms with Crippen molar-refractivity contribution in [2.24, 2.45) is 0 Å². The van der Waals surface area contributed by atoms with Gasteiger partial charge in [0.15, 0.2) is 20.3 Å². The first kappa shape index (κ1) is 15.6. The van der Waals surface area contributed by atoms with Gasteiger partial charge in [0.1, 0.15) is 0 Å². The average Bonchev–Trinajstić information content (AvgIpc) is 2.96. The van der Waals surface area contributed by atoms with Gasteiger partial charge >= 0.3 is 0 Å². The minimum atomic E-state index is -3.01. The molecule has 20 heavy (non-hydrogen) atoms. The molecule has 5 nitrogen and oxygen atoms in total. The number of rotatable bonds is 5. The standard InChI is InChI=1S/C13H18BrNO4S/c1-2-3-7-15(10-6-8-20(17,18)9-10)13(16)11-4-5-12(14)19-11/h4-5,10H,2-3,6-9H2,1H3/t10-/m1/s1. The normalized spacial score (nSPS) is 21.0. The number of sulfone groups is 1. The van der Waals surface area contributed by atoms with Crippen molar-refractivity contribution in [2.75, 3.05) is 18.1 Å². The molecule has 1 amide bonds. The van der Waals surface area contributed by atoms with Crippen molar-refractivity contribution in [3.63, 3.8) is 0 Å².